The van der Waals surface area contributed by atoms with E-state index in [2.05, 4.69) is 148 Å². The monoisotopic (exact) mass is 986 g/mol. The van der Waals surface area contributed by atoms with Gasteiger partial charge in [-0.3, -0.25) is 9.59 Å². The van der Waals surface area contributed by atoms with Crippen molar-refractivity contribution < 1.29 is 42.9 Å². The number of rotatable bonds is 48. The molecule has 0 spiro atoms. The van der Waals surface area contributed by atoms with Gasteiger partial charge in [0.15, 0.2) is 12.4 Å². The minimum atomic E-state index is -1.64. The number of carbonyl (C=O) groups is 3. The molecule has 0 aliphatic carbocycles. The highest BCUT2D eigenvalue weighted by atomic mass is 16.7. The summed E-state index contributed by atoms with van der Waals surface area (Å²) in [7, 11) is 5.89. The molecule has 0 fully saturated rings. The van der Waals surface area contributed by atoms with Gasteiger partial charge < -0.3 is 33.3 Å². The van der Waals surface area contributed by atoms with Gasteiger partial charge in [0.1, 0.15) is 13.2 Å². The zero-order valence-electron chi connectivity index (χ0n) is 45.3. The maximum absolute atomic E-state index is 12.8. The summed E-state index contributed by atoms with van der Waals surface area (Å²) < 4.78 is 22.5. The summed E-state index contributed by atoms with van der Waals surface area (Å²) in [6.45, 7) is 4.53. The number of nitrogens with zero attached hydrogens (tertiary/aromatic N) is 1. The minimum absolute atomic E-state index is 0.135. The fourth-order valence-corrected chi connectivity index (χ4v) is 6.71. The Kier molecular flexibility index (Phi) is 48.4. The Balaban J connectivity index is 4.25. The summed E-state index contributed by atoms with van der Waals surface area (Å²) in [5.74, 6) is -2.35. The van der Waals surface area contributed by atoms with Crippen molar-refractivity contribution in [1.29, 1.82) is 0 Å². The summed E-state index contributed by atoms with van der Waals surface area (Å²) in [6.07, 6.45) is 70.9. The largest absolute Gasteiger partial charge is 0.545 e. The smallest absolute Gasteiger partial charge is 0.306 e. The second kappa shape index (κ2) is 51.8. The van der Waals surface area contributed by atoms with Crippen molar-refractivity contribution in [1.82, 2.24) is 0 Å². The molecular weight excluding hydrogens is 887 g/mol. The van der Waals surface area contributed by atoms with Crippen LogP contribution in [0.1, 0.15) is 181 Å². The van der Waals surface area contributed by atoms with Crippen LogP contribution >= 0.6 is 0 Å². The van der Waals surface area contributed by atoms with Crippen LogP contribution in [0, 0.1) is 0 Å². The number of allylic oxidation sites excluding steroid dienone is 22. The van der Waals surface area contributed by atoms with Crippen molar-refractivity contribution in [2.45, 2.75) is 193 Å². The van der Waals surface area contributed by atoms with Crippen LogP contribution in [0.25, 0.3) is 0 Å². The Hall–Kier alpha value is -4.57. The molecule has 9 nitrogen and oxygen atoms in total. The first-order valence-corrected chi connectivity index (χ1v) is 27.3. The molecule has 0 N–H and O–H groups in total. The van der Waals surface area contributed by atoms with Gasteiger partial charge in [-0.05, 0) is 96.3 Å². The van der Waals surface area contributed by atoms with E-state index in [1.165, 1.54) is 38.5 Å². The predicted molar refractivity (Wildman–Crippen MR) is 296 cm³/mol. The molecule has 0 aromatic rings. The molecule has 2 atom stereocenters. The number of carboxylic acid groups (broad SMARTS) is 1. The van der Waals surface area contributed by atoms with E-state index in [1.807, 2.05) is 21.1 Å². The van der Waals surface area contributed by atoms with Gasteiger partial charge in [-0.25, -0.2) is 0 Å². The Morgan fingerprint density at radius 1 is 0.437 bits per heavy atom. The number of hydrogen-bond donors (Lipinski definition) is 0. The molecule has 0 rings (SSSR count). The van der Waals surface area contributed by atoms with Gasteiger partial charge >= 0.3 is 11.9 Å². The topological polar surface area (TPSA) is 111 Å². The third kappa shape index (κ3) is 53.1. The Labute approximate surface area is 433 Å². The molecular formula is C62H99NO8. The summed E-state index contributed by atoms with van der Waals surface area (Å²) in [4.78, 5) is 37.0. The maximum atomic E-state index is 12.8. The average molecular weight is 986 g/mol. The van der Waals surface area contributed by atoms with Crippen LogP contribution in [-0.4, -0.2) is 82.3 Å². The van der Waals surface area contributed by atoms with Crippen molar-refractivity contribution in [3.63, 3.8) is 0 Å². The fraction of sp³-hybridized carbons (Fsp3) is 0.597. The second-order valence-electron chi connectivity index (χ2n) is 18.8. The molecule has 0 aromatic carbocycles. The number of esters is 2. The van der Waals surface area contributed by atoms with E-state index < -0.39 is 24.3 Å². The van der Waals surface area contributed by atoms with E-state index >= 15 is 0 Å². The lowest BCUT2D eigenvalue weighted by Gasteiger charge is -2.26. The highest BCUT2D eigenvalue weighted by Gasteiger charge is 2.21. The van der Waals surface area contributed by atoms with Gasteiger partial charge in [0.05, 0.1) is 40.3 Å². The summed E-state index contributed by atoms with van der Waals surface area (Å²) in [5.41, 5.74) is 0. The summed E-state index contributed by atoms with van der Waals surface area (Å²) >= 11 is 0. The zero-order valence-corrected chi connectivity index (χ0v) is 45.3. The first kappa shape index (κ1) is 66.4. The van der Waals surface area contributed by atoms with Crippen molar-refractivity contribution in [3.8, 4) is 0 Å². The molecule has 0 aliphatic heterocycles. The quantitative estimate of drug-likeness (QED) is 0.0195. The van der Waals surface area contributed by atoms with E-state index in [0.29, 0.717) is 17.4 Å². The van der Waals surface area contributed by atoms with Crippen molar-refractivity contribution in [2.75, 3.05) is 47.5 Å². The van der Waals surface area contributed by atoms with Crippen LogP contribution in [0.15, 0.2) is 134 Å². The summed E-state index contributed by atoms with van der Waals surface area (Å²) in [5, 5.41) is 11.7. The lowest BCUT2D eigenvalue weighted by atomic mass is 10.1. The molecule has 0 saturated heterocycles. The van der Waals surface area contributed by atoms with Gasteiger partial charge in [0, 0.05) is 12.8 Å². The van der Waals surface area contributed by atoms with E-state index in [-0.39, 0.29) is 38.6 Å². The van der Waals surface area contributed by atoms with Crippen LogP contribution in [-0.2, 0) is 33.3 Å². The minimum Gasteiger partial charge on any atom is -0.545 e. The first-order chi connectivity index (χ1) is 34.6. The van der Waals surface area contributed by atoms with Gasteiger partial charge in [-0.2, -0.15) is 0 Å². The lowest BCUT2D eigenvalue weighted by molar-refractivity contribution is -0.870. The number of likely N-dealkylation sites (N-methyl/N-ethyl adjacent to an activating group) is 1. The van der Waals surface area contributed by atoms with Crippen LogP contribution in [0.3, 0.4) is 0 Å². The number of carbonyl (C=O) groups excluding carboxylic acids is 3. The Morgan fingerprint density at radius 3 is 1.20 bits per heavy atom. The van der Waals surface area contributed by atoms with Crippen molar-refractivity contribution >= 4 is 17.9 Å². The number of quaternary nitrogens is 1. The standard InChI is InChI=1S/C62H99NO8/c1-6-8-10-12-14-16-17-18-19-20-21-22-23-24-25-26-27-28-29-30-31-32-33-34-35-36-37-38-39-40-41-42-43-45-47-49-51-53-60(65)71-58(57-70-62(61(66)67)68-55-54-63(3,4)5)56-69-59(64)52-50-48-46-44-15-13-11-9-7-2/h8,10,14,16,18-19,21-22,24-25,27-28,30-31,33-34,36-37,39-40,42-43,58,62H,6-7,9,11-13,15,17,20,23,26,29,32,35,38,41,44-57H2,1-5H3/b10-8-,16-14-,19-18-,22-21-,25-24-,28-27-,31-30-,34-33-,37-36-,40-39-,43-42-. The SMILES string of the molecule is CC/C=C\C/C=C\C/C=C\C/C=C\C/C=C\C/C=C\C/C=C\C/C=C\C/C=C\C/C=C\C/C=C\CCCCCC(=O)OC(COC(=O)CCCCCCCCCCC)COC(OCC[N+](C)(C)C)C(=O)[O-]. The molecule has 9 heteroatoms. The van der Waals surface area contributed by atoms with Crippen LogP contribution < -0.4 is 5.11 Å². The number of unbranched alkanes of at least 4 members (excludes halogenated alkanes) is 11. The van der Waals surface area contributed by atoms with Crippen molar-refractivity contribution in [3.05, 3.63) is 134 Å². The summed E-state index contributed by atoms with van der Waals surface area (Å²) in [6, 6.07) is 0. The average Bonchev–Trinajstić information content (AvgIpc) is 3.34. The number of aliphatic carboxylic acids is 1. The highest BCUT2D eigenvalue weighted by molar-refractivity contribution is 5.70. The third-order valence-electron chi connectivity index (χ3n) is 10.9. The molecule has 0 heterocycles. The maximum Gasteiger partial charge on any atom is 0.306 e. The van der Waals surface area contributed by atoms with Gasteiger partial charge in [0.2, 0.25) is 0 Å². The van der Waals surface area contributed by atoms with Crippen LogP contribution in [0.4, 0.5) is 0 Å². The van der Waals surface area contributed by atoms with Crippen LogP contribution in [0.5, 0.6) is 0 Å². The Morgan fingerprint density at radius 2 is 0.803 bits per heavy atom. The molecule has 0 bridgehead atoms. The second-order valence-corrected chi connectivity index (χ2v) is 18.8. The number of ether oxygens (including phenoxy) is 4. The first-order valence-electron chi connectivity index (χ1n) is 27.3. The molecule has 0 aromatic heterocycles. The molecule has 0 saturated carbocycles. The van der Waals surface area contributed by atoms with E-state index in [0.717, 1.165) is 109 Å². The zero-order chi connectivity index (χ0) is 52.0. The molecule has 0 radical (unpaired) electrons. The normalized spacial score (nSPS) is 13.9. The molecule has 71 heavy (non-hydrogen) atoms. The van der Waals surface area contributed by atoms with Gasteiger partial charge in [0.25, 0.3) is 0 Å². The van der Waals surface area contributed by atoms with E-state index in [4.69, 9.17) is 18.9 Å². The molecule has 2 unspecified atom stereocenters. The number of hydrogen-bond acceptors (Lipinski definition) is 8. The number of carboxylic acids is 1. The predicted octanol–water partition coefficient (Wildman–Crippen LogP) is 14.6. The Bertz CT molecular complexity index is 1620. The fourth-order valence-electron chi connectivity index (χ4n) is 6.71. The van der Waals surface area contributed by atoms with E-state index in [1.54, 1.807) is 0 Å². The van der Waals surface area contributed by atoms with Crippen LogP contribution in [0.2, 0.25) is 0 Å². The molecule has 0 amide bonds. The molecule has 0 aliphatic rings. The van der Waals surface area contributed by atoms with Gasteiger partial charge in [-0.15, -0.1) is 0 Å². The lowest BCUT2D eigenvalue weighted by Crippen LogP contribution is -2.44. The molecule has 400 valence electrons. The highest BCUT2D eigenvalue weighted by Crippen LogP contribution is 2.13. The third-order valence-corrected chi connectivity index (χ3v) is 10.9. The van der Waals surface area contributed by atoms with Crippen molar-refractivity contribution in [2.24, 2.45) is 0 Å². The van der Waals surface area contributed by atoms with E-state index in [9.17, 15) is 19.5 Å². The van der Waals surface area contributed by atoms with Gasteiger partial charge in [-0.1, -0.05) is 205 Å².